The second-order valence-electron chi connectivity index (χ2n) is 5.33. The highest BCUT2D eigenvalue weighted by Crippen LogP contribution is 2.40. The number of nitro groups is 1. The van der Waals surface area contributed by atoms with E-state index in [1.165, 1.54) is 6.07 Å². The van der Waals surface area contributed by atoms with Crippen LogP contribution in [0.1, 0.15) is 24.1 Å². The van der Waals surface area contributed by atoms with Gasteiger partial charge in [-0.2, -0.15) is 13.2 Å². The average Bonchev–Trinajstić information content (AvgIpc) is 2.82. The van der Waals surface area contributed by atoms with Crippen molar-refractivity contribution in [3.05, 3.63) is 39.6 Å². The highest BCUT2D eigenvalue weighted by atomic mass is 35.5. The predicted octanol–water partition coefficient (Wildman–Crippen LogP) is 3.72. The van der Waals surface area contributed by atoms with Crippen LogP contribution in [0.2, 0.25) is 0 Å². The number of hydrogen-bond donors (Lipinski definition) is 0. The quantitative estimate of drug-likeness (QED) is 0.457. The van der Waals surface area contributed by atoms with Crippen molar-refractivity contribution in [1.29, 1.82) is 0 Å². The molecule has 0 amide bonds. The molecule has 0 fully saturated rings. The van der Waals surface area contributed by atoms with Crippen molar-refractivity contribution in [2.45, 2.75) is 19.0 Å². The first kappa shape index (κ1) is 18.5. The van der Waals surface area contributed by atoms with Crippen molar-refractivity contribution in [3.63, 3.8) is 0 Å². The van der Waals surface area contributed by atoms with Crippen LogP contribution < -0.4 is 0 Å². The second-order valence-corrected chi connectivity index (χ2v) is 7.47. The van der Waals surface area contributed by atoms with Gasteiger partial charge in [-0.25, -0.2) is 12.4 Å². The van der Waals surface area contributed by atoms with Crippen molar-refractivity contribution < 1.29 is 26.5 Å². The van der Waals surface area contributed by atoms with Crippen molar-refractivity contribution in [2.75, 3.05) is 12.1 Å². The highest BCUT2D eigenvalue weighted by Gasteiger charge is 2.39. The topological polar surface area (TPSA) is 82.2 Å². The summed E-state index contributed by atoms with van der Waals surface area (Å²) < 4.78 is 64.1. The van der Waals surface area contributed by atoms with Gasteiger partial charge in [-0.15, -0.1) is 11.6 Å². The fraction of sp³-hybridized carbons (Fsp3) is 0.385. The first-order valence-corrected chi connectivity index (χ1v) is 8.93. The van der Waals surface area contributed by atoms with Crippen LogP contribution in [0.3, 0.4) is 0 Å². The number of hydrogen-bond acceptors (Lipinski definition) is 4. The Balaban J connectivity index is 2.99. The molecule has 0 aliphatic carbocycles. The van der Waals surface area contributed by atoms with Gasteiger partial charge in [0.05, 0.1) is 16.7 Å². The lowest BCUT2D eigenvalue weighted by Crippen LogP contribution is -2.16. The van der Waals surface area contributed by atoms with Crippen LogP contribution in [0.15, 0.2) is 18.2 Å². The van der Waals surface area contributed by atoms with Gasteiger partial charge in [-0.3, -0.25) is 10.1 Å². The van der Waals surface area contributed by atoms with Crippen LogP contribution in [0.25, 0.3) is 10.9 Å². The monoisotopic (exact) mass is 384 g/mol. The third-order valence-electron chi connectivity index (χ3n) is 3.47. The standard InChI is InChI=1S/C13H12ClF3N2O4S/c1-7(6-14)10-3-8-4-12(19(20)21)9(13(15,16)17)5-11(8)18(10)24(2,22)23/h3-5,7H,6H2,1-2H3. The Morgan fingerprint density at radius 1 is 1.33 bits per heavy atom. The van der Waals surface area contributed by atoms with E-state index in [2.05, 4.69) is 0 Å². The van der Waals surface area contributed by atoms with E-state index < -0.39 is 38.3 Å². The van der Waals surface area contributed by atoms with Gasteiger partial charge in [0.25, 0.3) is 5.69 Å². The number of halogens is 4. The summed E-state index contributed by atoms with van der Waals surface area (Å²) in [6.07, 6.45) is -4.16. The van der Waals surface area contributed by atoms with E-state index in [1.807, 2.05) is 0 Å². The summed E-state index contributed by atoms with van der Waals surface area (Å²) in [6.45, 7) is 1.60. The summed E-state index contributed by atoms with van der Waals surface area (Å²) in [4.78, 5) is 9.80. The van der Waals surface area contributed by atoms with Crippen molar-refractivity contribution >= 4 is 38.2 Å². The predicted molar refractivity (Wildman–Crippen MR) is 83.0 cm³/mol. The van der Waals surface area contributed by atoms with E-state index in [9.17, 15) is 31.7 Å². The molecule has 11 heteroatoms. The smallest absolute Gasteiger partial charge is 0.258 e. The molecule has 1 atom stereocenters. The Kier molecular flexibility index (Phi) is 4.57. The number of rotatable bonds is 4. The molecule has 0 bridgehead atoms. The number of benzene rings is 1. The van der Waals surface area contributed by atoms with Gasteiger partial charge >= 0.3 is 6.18 Å². The molecule has 0 saturated heterocycles. The second kappa shape index (κ2) is 5.92. The number of aromatic nitrogens is 1. The van der Waals surface area contributed by atoms with E-state index in [0.717, 1.165) is 16.3 Å². The van der Waals surface area contributed by atoms with Crippen LogP contribution in [0.4, 0.5) is 18.9 Å². The van der Waals surface area contributed by atoms with Crippen molar-refractivity contribution in [3.8, 4) is 0 Å². The molecule has 2 aromatic rings. The SMILES string of the molecule is CC(CCl)c1cc2cc([N+](=O)[O-])c(C(F)(F)F)cc2n1S(C)(=O)=O. The summed E-state index contributed by atoms with van der Waals surface area (Å²) in [7, 11) is -3.95. The van der Waals surface area contributed by atoms with E-state index >= 15 is 0 Å². The van der Waals surface area contributed by atoms with Crippen molar-refractivity contribution in [1.82, 2.24) is 3.97 Å². The third-order valence-corrected chi connectivity index (χ3v) is 5.01. The lowest BCUT2D eigenvalue weighted by Gasteiger charge is -2.13. The normalized spacial score (nSPS) is 14.1. The molecule has 0 spiro atoms. The zero-order valence-electron chi connectivity index (χ0n) is 12.5. The van der Waals surface area contributed by atoms with Gasteiger partial charge in [0.15, 0.2) is 0 Å². The minimum Gasteiger partial charge on any atom is -0.258 e. The Labute approximate surface area is 140 Å². The zero-order chi connectivity index (χ0) is 18.4. The lowest BCUT2D eigenvalue weighted by atomic mass is 10.1. The molecule has 0 aliphatic heterocycles. The summed E-state index contributed by atoms with van der Waals surface area (Å²) in [5.41, 5.74) is -2.75. The van der Waals surface area contributed by atoms with E-state index in [1.54, 1.807) is 6.92 Å². The van der Waals surface area contributed by atoms with Gasteiger partial charge in [0, 0.05) is 28.9 Å². The lowest BCUT2D eigenvalue weighted by molar-refractivity contribution is -0.387. The molecule has 0 radical (unpaired) electrons. The molecular formula is C13H12ClF3N2O4S. The molecule has 1 unspecified atom stereocenters. The molecule has 0 aliphatic rings. The number of fused-ring (bicyclic) bond motifs is 1. The van der Waals surface area contributed by atoms with Gasteiger partial charge < -0.3 is 0 Å². The first-order valence-electron chi connectivity index (χ1n) is 6.55. The number of alkyl halides is 4. The molecule has 2 rings (SSSR count). The largest absolute Gasteiger partial charge is 0.423 e. The molecule has 1 heterocycles. The maximum atomic E-state index is 13.1. The van der Waals surface area contributed by atoms with Crippen molar-refractivity contribution in [2.24, 2.45) is 0 Å². The molecule has 132 valence electrons. The summed E-state index contributed by atoms with van der Waals surface area (Å²) in [5.74, 6) is -0.456. The van der Waals surface area contributed by atoms with Gasteiger partial charge in [-0.05, 0) is 12.1 Å². The van der Waals surface area contributed by atoms with Crippen LogP contribution in [0.5, 0.6) is 0 Å². The van der Waals surface area contributed by atoms with Gasteiger partial charge in [0.2, 0.25) is 10.0 Å². The summed E-state index contributed by atoms with van der Waals surface area (Å²) in [6, 6.07) is 2.51. The van der Waals surface area contributed by atoms with Gasteiger partial charge in [-0.1, -0.05) is 6.92 Å². The Morgan fingerprint density at radius 3 is 2.33 bits per heavy atom. The maximum Gasteiger partial charge on any atom is 0.423 e. The highest BCUT2D eigenvalue weighted by molar-refractivity contribution is 7.89. The Morgan fingerprint density at radius 2 is 1.92 bits per heavy atom. The molecule has 0 N–H and O–H groups in total. The number of nitrogens with zero attached hydrogens (tertiary/aromatic N) is 2. The fourth-order valence-electron chi connectivity index (χ4n) is 2.41. The molecule has 24 heavy (non-hydrogen) atoms. The average molecular weight is 385 g/mol. The fourth-order valence-corrected chi connectivity index (χ4v) is 3.70. The molecule has 6 nitrogen and oxygen atoms in total. The molecule has 1 aromatic carbocycles. The van der Waals surface area contributed by atoms with Crippen LogP contribution >= 0.6 is 11.6 Å². The molecule has 1 aromatic heterocycles. The summed E-state index contributed by atoms with van der Waals surface area (Å²) >= 11 is 5.73. The zero-order valence-corrected chi connectivity index (χ0v) is 14.0. The van der Waals surface area contributed by atoms with Crippen LogP contribution in [-0.4, -0.2) is 29.4 Å². The Bertz CT molecular complexity index is 921. The number of nitro benzene ring substituents is 1. The Hall–Kier alpha value is -1.81. The molecule has 0 saturated carbocycles. The van der Waals surface area contributed by atoms with Crippen LogP contribution in [0, 0.1) is 10.1 Å². The third kappa shape index (κ3) is 3.20. The van der Waals surface area contributed by atoms with E-state index in [-0.39, 0.29) is 22.5 Å². The maximum absolute atomic E-state index is 13.1. The minimum absolute atomic E-state index is 0.0205. The van der Waals surface area contributed by atoms with E-state index in [0.29, 0.717) is 6.07 Å². The van der Waals surface area contributed by atoms with E-state index in [4.69, 9.17) is 11.6 Å². The van der Waals surface area contributed by atoms with Crippen LogP contribution in [-0.2, 0) is 16.2 Å². The van der Waals surface area contributed by atoms with Gasteiger partial charge in [0.1, 0.15) is 5.56 Å². The molecular weight excluding hydrogens is 373 g/mol. The summed E-state index contributed by atoms with van der Waals surface area (Å²) in [5, 5.41) is 11.0. The minimum atomic E-state index is -5.00. The first-order chi connectivity index (χ1) is 10.9.